The van der Waals surface area contributed by atoms with Crippen LogP contribution < -0.4 is 9.80 Å². The Labute approximate surface area is 232 Å². The number of carbonyl (C=O) groups excluding carboxylic acids is 1. The van der Waals surface area contributed by atoms with E-state index in [1.807, 2.05) is 29.7 Å². The predicted octanol–water partition coefficient (Wildman–Crippen LogP) is 5.26. The van der Waals surface area contributed by atoms with E-state index in [0.29, 0.717) is 52.7 Å². The second kappa shape index (κ2) is 10.1. The van der Waals surface area contributed by atoms with Crippen molar-refractivity contribution in [1.29, 1.82) is 0 Å². The number of halogens is 4. The van der Waals surface area contributed by atoms with E-state index in [4.69, 9.17) is 0 Å². The number of hydrogen-bond acceptors (Lipinski definition) is 6. The molecular formula is C28H28F4N6OS. The number of amides is 1. The fourth-order valence-corrected chi connectivity index (χ4v) is 6.75. The van der Waals surface area contributed by atoms with Gasteiger partial charge >= 0.3 is 6.18 Å². The summed E-state index contributed by atoms with van der Waals surface area (Å²) in [6.45, 7) is 6.13. The van der Waals surface area contributed by atoms with Gasteiger partial charge in [-0.15, -0.1) is 0 Å². The molecule has 1 amide bonds. The summed E-state index contributed by atoms with van der Waals surface area (Å²) in [5.41, 5.74) is 2.66. The Morgan fingerprint density at radius 2 is 1.90 bits per heavy atom. The van der Waals surface area contributed by atoms with Gasteiger partial charge in [-0.1, -0.05) is 11.3 Å². The van der Waals surface area contributed by atoms with Crippen LogP contribution >= 0.6 is 11.3 Å². The highest BCUT2D eigenvalue weighted by Gasteiger charge is 2.38. The van der Waals surface area contributed by atoms with Crippen LogP contribution in [0.1, 0.15) is 29.3 Å². The highest BCUT2D eigenvalue weighted by Crippen LogP contribution is 2.41. The predicted molar refractivity (Wildman–Crippen MR) is 146 cm³/mol. The number of hydrogen-bond donors (Lipinski definition) is 0. The van der Waals surface area contributed by atoms with Gasteiger partial charge in [-0.05, 0) is 67.8 Å². The molecule has 1 fully saturated rings. The molecule has 0 N–H and O–H groups in total. The van der Waals surface area contributed by atoms with Crippen molar-refractivity contribution < 1.29 is 22.4 Å². The molecule has 0 spiro atoms. The van der Waals surface area contributed by atoms with Gasteiger partial charge < -0.3 is 14.7 Å². The molecule has 6 rings (SSSR count). The van der Waals surface area contributed by atoms with Gasteiger partial charge in [0.25, 0.3) is 0 Å². The molecule has 12 heteroatoms. The minimum Gasteiger partial charge on any atom is -0.367 e. The van der Waals surface area contributed by atoms with E-state index >= 15 is 0 Å². The third-order valence-electron chi connectivity index (χ3n) is 7.80. The molecule has 40 heavy (non-hydrogen) atoms. The normalized spacial score (nSPS) is 17.9. The van der Waals surface area contributed by atoms with Gasteiger partial charge in [0.15, 0.2) is 5.13 Å². The number of nitrogens with zero attached hydrogens (tertiary/aromatic N) is 6. The first-order chi connectivity index (χ1) is 19.1. The molecule has 4 heterocycles. The number of anilines is 2. The van der Waals surface area contributed by atoms with E-state index in [9.17, 15) is 22.4 Å². The average Bonchev–Trinajstić information content (AvgIpc) is 3.52. The third-order valence-corrected chi connectivity index (χ3v) is 8.88. The standard InChI is InChI=1S/C28H28F4N6OS/c1-17-7-9-33-38(17)16-26(39)37-12-11-35(14-18(37)2)24-6-4-22(28(30,31)32)20-8-10-36(15-21(20)24)27-34-23-5-3-19(29)13-25(23)40-27/h3-7,9,13,18H,8,10-12,14-16H2,1-2H3. The van der Waals surface area contributed by atoms with Crippen LogP contribution in [0, 0.1) is 12.7 Å². The van der Waals surface area contributed by atoms with Crippen LogP contribution in [0.4, 0.5) is 28.4 Å². The Morgan fingerprint density at radius 3 is 2.62 bits per heavy atom. The molecule has 210 valence electrons. The molecule has 2 aromatic heterocycles. The molecule has 1 saturated heterocycles. The highest BCUT2D eigenvalue weighted by molar-refractivity contribution is 7.22. The molecule has 1 atom stereocenters. The van der Waals surface area contributed by atoms with Crippen molar-refractivity contribution in [2.75, 3.05) is 36.0 Å². The zero-order valence-electron chi connectivity index (χ0n) is 22.1. The highest BCUT2D eigenvalue weighted by atomic mass is 32.1. The second-order valence-corrected chi connectivity index (χ2v) is 11.4. The monoisotopic (exact) mass is 572 g/mol. The van der Waals surface area contributed by atoms with Crippen LogP contribution in [0.3, 0.4) is 0 Å². The lowest BCUT2D eigenvalue weighted by Gasteiger charge is -2.43. The summed E-state index contributed by atoms with van der Waals surface area (Å²) in [7, 11) is 0. The Balaban J connectivity index is 1.27. The fraction of sp³-hybridized carbons (Fsp3) is 0.393. The van der Waals surface area contributed by atoms with Crippen molar-refractivity contribution in [3.05, 3.63) is 70.8 Å². The Morgan fingerprint density at radius 1 is 1.07 bits per heavy atom. The maximum Gasteiger partial charge on any atom is 0.416 e. The Kier molecular flexibility index (Phi) is 6.68. The number of piperazine rings is 1. The van der Waals surface area contributed by atoms with Gasteiger partial charge in [0.2, 0.25) is 5.91 Å². The Hall–Kier alpha value is -3.67. The molecule has 0 aliphatic carbocycles. The minimum absolute atomic E-state index is 0.0353. The molecule has 2 aliphatic heterocycles. The number of thiazole rings is 1. The van der Waals surface area contributed by atoms with Crippen LogP contribution in [0.5, 0.6) is 0 Å². The van der Waals surface area contributed by atoms with E-state index in [0.717, 1.165) is 11.4 Å². The van der Waals surface area contributed by atoms with Crippen LogP contribution in [-0.4, -0.2) is 57.8 Å². The second-order valence-electron chi connectivity index (χ2n) is 10.4. The molecule has 0 radical (unpaired) electrons. The van der Waals surface area contributed by atoms with Gasteiger partial charge in [-0.25, -0.2) is 9.37 Å². The van der Waals surface area contributed by atoms with Crippen molar-refractivity contribution in [3.8, 4) is 0 Å². The summed E-state index contributed by atoms with van der Waals surface area (Å²) in [5, 5.41) is 4.86. The first-order valence-corrected chi connectivity index (χ1v) is 14.0. The lowest BCUT2D eigenvalue weighted by Crippen LogP contribution is -2.55. The number of benzene rings is 2. The number of carbonyl (C=O) groups is 1. The topological polar surface area (TPSA) is 57.5 Å². The summed E-state index contributed by atoms with van der Waals surface area (Å²) in [5.74, 6) is -0.387. The van der Waals surface area contributed by atoms with Crippen molar-refractivity contribution in [2.24, 2.45) is 0 Å². The number of aryl methyl sites for hydroxylation is 1. The van der Waals surface area contributed by atoms with Crippen LogP contribution in [0.15, 0.2) is 42.6 Å². The number of rotatable bonds is 4. The van der Waals surface area contributed by atoms with Crippen LogP contribution in [0.2, 0.25) is 0 Å². The molecule has 2 aromatic carbocycles. The summed E-state index contributed by atoms with van der Waals surface area (Å²) in [6.07, 6.45) is -2.58. The molecule has 0 bridgehead atoms. The lowest BCUT2D eigenvalue weighted by atomic mass is 9.91. The summed E-state index contributed by atoms with van der Waals surface area (Å²) in [4.78, 5) is 23.6. The van der Waals surface area contributed by atoms with E-state index in [-0.39, 0.29) is 37.3 Å². The van der Waals surface area contributed by atoms with E-state index < -0.39 is 11.7 Å². The Bertz CT molecular complexity index is 1580. The maximum absolute atomic E-state index is 14.0. The molecule has 4 aromatic rings. The zero-order chi connectivity index (χ0) is 28.2. The summed E-state index contributed by atoms with van der Waals surface area (Å²) in [6, 6.07) is 8.87. The van der Waals surface area contributed by atoms with Gasteiger partial charge in [0.05, 0.1) is 15.8 Å². The van der Waals surface area contributed by atoms with E-state index in [1.165, 1.54) is 29.5 Å². The summed E-state index contributed by atoms with van der Waals surface area (Å²) >= 11 is 1.34. The first kappa shape index (κ1) is 26.5. The van der Waals surface area contributed by atoms with Gasteiger partial charge in [-0.3, -0.25) is 9.48 Å². The van der Waals surface area contributed by atoms with Crippen molar-refractivity contribution in [1.82, 2.24) is 19.7 Å². The third kappa shape index (κ3) is 4.89. The smallest absolute Gasteiger partial charge is 0.367 e. The molecule has 1 unspecified atom stereocenters. The van der Waals surface area contributed by atoms with Crippen molar-refractivity contribution in [3.63, 3.8) is 0 Å². The molecule has 0 saturated carbocycles. The van der Waals surface area contributed by atoms with Gasteiger partial charge in [0.1, 0.15) is 12.4 Å². The summed E-state index contributed by atoms with van der Waals surface area (Å²) < 4.78 is 58.1. The average molecular weight is 573 g/mol. The molecule has 2 aliphatic rings. The van der Waals surface area contributed by atoms with Crippen molar-refractivity contribution in [2.45, 2.75) is 45.6 Å². The number of fused-ring (bicyclic) bond motifs is 2. The van der Waals surface area contributed by atoms with Crippen LogP contribution in [-0.2, 0) is 30.5 Å². The zero-order valence-corrected chi connectivity index (χ0v) is 22.9. The number of alkyl halides is 3. The minimum atomic E-state index is -4.46. The lowest BCUT2D eigenvalue weighted by molar-refractivity contribution is -0.138. The van der Waals surface area contributed by atoms with Crippen LogP contribution in [0.25, 0.3) is 10.2 Å². The SMILES string of the molecule is Cc1ccnn1CC(=O)N1CCN(c2ccc(C(F)(F)F)c3c2CN(c2nc4ccc(F)cc4s2)CC3)CC1C. The van der Waals surface area contributed by atoms with E-state index in [2.05, 4.69) is 15.0 Å². The quantitative estimate of drug-likeness (QED) is 0.313. The van der Waals surface area contributed by atoms with Gasteiger partial charge in [-0.2, -0.15) is 18.3 Å². The van der Waals surface area contributed by atoms with E-state index in [1.54, 1.807) is 23.0 Å². The van der Waals surface area contributed by atoms with Gasteiger partial charge in [0, 0.05) is 56.3 Å². The van der Waals surface area contributed by atoms with Crippen molar-refractivity contribution >= 4 is 38.3 Å². The molecule has 7 nitrogen and oxygen atoms in total. The first-order valence-electron chi connectivity index (χ1n) is 13.1. The molecular weight excluding hydrogens is 544 g/mol. The fourth-order valence-electron chi connectivity index (χ4n) is 5.74. The largest absolute Gasteiger partial charge is 0.416 e. The maximum atomic E-state index is 14.0. The number of aromatic nitrogens is 3.